The molecular formula is C13H18BrN3S. The summed E-state index contributed by atoms with van der Waals surface area (Å²) in [6, 6.07) is 4.23. The van der Waals surface area contributed by atoms with E-state index in [0.29, 0.717) is 5.92 Å². The average Bonchev–Trinajstić information content (AvgIpc) is 2.89. The number of thiophene rings is 1. The topological polar surface area (TPSA) is 29.9 Å². The van der Waals surface area contributed by atoms with Crippen LogP contribution in [0.3, 0.4) is 0 Å². The van der Waals surface area contributed by atoms with Gasteiger partial charge in [0.1, 0.15) is 0 Å². The SMILES string of the molecule is CC(C)CNCc1cn(Cc2ccc(Br)s2)cn1. The van der Waals surface area contributed by atoms with Crippen LogP contribution in [0.1, 0.15) is 24.4 Å². The van der Waals surface area contributed by atoms with Crippen molar-refractivity contribution in [2.75, 3.05) is 6.54 Å². The molecule has 0 bridgehead atoms. The molecular weight excluding hydrogens is 310 g/mol. The van der Waals surface area contributed by atoms with E-state index in [1.165, 1.54) is 8.66 Å². The molecule has 0 aliphatic carbocycles. The maximum Gasteiger partial charge on any atom is 0.0953 e. The van der Waals surface area contributed by atoms with Crippen LogP contribution in [0.5, 0.6) is 0 Å². The van der Waals surface area contributed by atoms with E-state index in [-0.39, 0.29) is 0 Å². The lowest BCUT2D eigenvalue weighted by molar-refractivity contribution is 0.548. The van der Waals surface area contributed by atoms with Gasteiger partial charge < -0.3 is 9.88 Å². The van der Waals surface area contributed by atoms with Gasteiger partial charge in [-0.3, -0.25) is 0 Å². The number of imidazole rings is 1. The maximum atomic E-state index is 4.41. The van der Waals surface area contributed by atoms with E-state index < -0.39 is 0 Å². The van der Waals surface area contributed by atoms with Crippen LogP contribution in [0.15, 0.2) is 28.4 Å². The zero-order valence-corrected chi connectivity index (χ0v) is 13.1. The van der Waals surface area contributed by atoms with E-state index in [1.807, 2.05) is 6.33 Å². The largest absolute Gasteiger partial charge is 0.332 e. The monoisotopic (exact) mass is 327 g/mol. The van der Waals surface area contributed by atoms with Gasteiger partial charge in [-0.25, -0.2) is 4.98 Å². The first-order chi connectivity index (χ1) is 8.63. The van der Waals surface area contributed by atoms with E-state index in [9.17, 15) is 0 Å². The van der Waals surface area contributed by atoms with Gasteiger partial charge in [0.05, 0.1) is 22.4 Å². The third-order valence-corrected chi connectivity index (χ3v) is 4.12. The maximum absolute atomic E-state index is 4.41. The average molecular weight is 328 g/mol. The van der Waals surface area contributed by atoms with Crippen molar-refractivity contribution in [3.8, 4) is 0 Å². The van der Waals surface area contributed by atoms with E-state index in [0.717, 1.165) is 25.3 Å². The molecule has 0 radical (unpaired) electrons. The summed E-state index contributed by atoms with van der Waals surface area (Å²) in [6.07, 6.45) is 4.01. The minimum absolute atomic E-state index is 0.676. The molecule has 98 valence electrons. The summed E-state index contributed by atoms with van der Waals surface area (Å²) < 4.78 is 3.31. The fourth-order valence-corrected chi connectivity index (χ4v) is 3.18. The lowest BCUT2D eigenvalue weighted by atomic mass is 10.2. The summed E-state index contributed by atoms with van der Waals surface area (Å²) in [4.78, 5) is 5.74. The van der Waals surface area contributed by atoms with Crippen molar-refractivity contribution in [1.82, 2.24) is 14.9 Å². The van der Waals surface area contributed by atoms with E-state index >= 15 is 0 Å². The van der Waals surface area contributed by atoms with Crippen LogP contribution in [-0.2, 0) is 13.1 Å². The Morgan fingerprint density at radius 1 is 1.44 bits per heavy atom. The van der Waals surface area contributed by atoms with Crippen LogP contribution in [0.2, 0.25) is 0 Å². The highest BCUT2D eigenvalue weighted by Crippen LogP contribution is 2.22. The number of aromatic nitrogens is 2. The molecule has 1 N–H and O–H groups in total. The molecule has 0 spiro atoms. The molecule has 0 saturated heterocycles. The van der Waals surface area contributed by atoms with Crippen molar-refractivity contribution < 1.29 is 0 Å². The number of hydrogen-bond acceptors (Lipinski definition) is 3. The van der Waals surface area contributed by atoms with E-state index in [4.69, 9.17) is 0 Å². The highest BCUT2D eigenvalue weighted by molar-refractivity contribution is 9.11. The van der Waals surface area contributed by atoms with E-state index in [2.05, 4.69) is 63.0 Å². The van der Waals surface area contributed by atoms with Crippen LogP contribution >= 0.6 is 27.3 Å². The minimum atomic E-state index is 0.676. The van der Waals surface area contributed by atoms with Crippen molar-refractivity contribution in [3.05, 3.63) is 39.0 Å². The second kappa shape index (κ2) is 6.50. The van der Waals surface area contributed by atoms with E-state index in [1.54, 1.807) is 11.3 Å². The van der Waals surface area contributed by atoms with Gasteiger partial charge in [-0.05, 0) is 40.5 Å². The lowest BCUT2D eigenvalue weighted by Crippen LogP contribution is -2.19. The third-order valence-electron chi connectivity index (χ3n) is 2.51. The molecule has 0 unspecified atom stereocenters. The van der Waals surface area contributed by atoms with Gasteiger partial charge in [0.2, 0.25) is 0 Å². The lowest BCUT2D eigenvalue weighted by Gasteiger charge is -2.04. The summed E-state index contributed by atoms with van der Waals surface area (Å²) in [6.45, 7) is 7.19. The molecule has 2 aromatic rings. The first-order valence-electron chi connectivity index (χ1n) is 6.09. The molecule has 3 nitrogen and oxygen atoms in total. The molecule has 0 saturated carbocycles. The highest BCUT2D eigenvalue weighted by Gasteiger charge is 2.02. The van der Waals surface area contributed by atoms with Gasteiger partial charge in [-0.2, -0.15) is 0 Å². The van der Waals surface area contributed by atoms with Gasteiger partial charge in [0.15, 0.2) is 0 Å². The van der Waals surface area contributed by atoms with Crippen LogP contribution in [0.25, 0.3) is 0 Å². The Hall–Kier alpha value is -0.650. The normalized spacial score (nSPS) is 11.3. The van der Waals surface area contributed by atoms with Crippen LogP contribution in [0.4, 0.5) is 0 Å². The summed E-state index contributed by atoms with van der Waals surface area (Å²) in [5.41, 5.74) is 1.10. The van der Waals surface area contributed by atoms with Crippen molar-refractivity contribution in [3.63, 3.8) is 0 Å². The van der Waals surface area contributed by atoms with Gasteiger partial charge in [0.25, 0.3) is 0 Å². The number of hydrogen-bond donors (Lipinski definition) is 1. The molecule has 0 fully saturated rings. The van der Waals surface area contributed by atoms with Gasteiger partial charge >= 0.3 is 0 Å². The summed E-state index contributed by atoms with van der Waals surface area (Å²) in [5.74, 6) is 0.676. The number of nitrogens with zero attached hydrogens (tertiary/aromatic N) is 2. The van der Waals surface area contributed by atoms with Crippen molar-refractivity contribution in [2.24, 2.45) is 5.92 Å². The molecule has 2 heterocycles. The Bertz CT molecular complexity index is 490. The smallest absolute Gasteiger partial charge is 0.0953 e. The Labute approximate surface area is 120 Å². The molecule has 5 heteroatoms. The fourth-order valence-electron chi connectivity index (χ4n) is 1.69. The third kappa shape index (κ3) is 4.23. The first kappa shape index (κ1) is 13.8. The Morgan fingerprint density at radius 2 is 2.28 bits per heavy atom. The zero-order chi connectivity index (χ0) is 13.0. The Balaban J connectivity index is 1.86. The van der Waals surface area contributed by atoms with Crippen molar-refractivity contribution >= 4 is 27.3 Å². The number of nitrogens with one attached hydrogen (secondary N) is 1. The van der Waals surface area contributed by atoms with Gasteiger partial charge in [0, 0.05) is 17.6 Å². The Kier molecular flexibility index (Phi) is 4.97. The molecule has 18 heavy (non-hydrogen) atoms. The summed E-state index contributed by atoms with van der Waals surface area (Å²) >= 11 is 5.25. The second-order valence-electron chi connectivity index (χ2n) is 4.77. The molecule has 0 aromatic carbocycles. The molecule has 0 amide bonds. The molecule has 2 rings (SSSR count). The number of halogens is 1. The highest BCUT2D eigenvalue weighted by atomic mass is 79.9. The van der Waals surface area contributed by atoms with Crippen LogP contribution < -0.4 is 5.32 Å². The zero-order valence-electron chi connectivity index (χ0n) is 10.7. The van der Waals surface area contributed by atoms with Crippen LogP contribution in [0, 0.1) is 5.92 Å². The van der Waals surface area contributed by atoms with Crippen molar-refractivity contribution in [1.29, 1.82) is 0 Å². The van der Waals surface area contributed by atoms with Gasteiger partial charge in [-0.15, -0.1) is 11.3 Å². The predicted molar refractivity (Wildman–Crippen MR) is 79.9 cm³/mol. The van der Waals surface area contributed by atoms with Gasteiger partial charge in [-0.1, -0.05) is 13.8 Å². The molecule has 0 aliphatic rings. The molecule has 0 aliphatic heterocycles. The Morgan fingerprint density at radius 3 is 2.94 bits per heavy atom. The predicted octanol–water partition coefficient (Wildman–Crippen LogP) is 3.50. The standard InChI is InChI=1S/C13H18BrN3S/c1-10(2)5-15-6-11-7-17(9-16-11)8-12-3-4-13(14)18-12/h3-4,7,9-10,15H,5-6,8H2,1-2H3. The summed E-state index contributed by atoms with van der Waals surface area (Å²) in [5, 5.41) is 3.40. The second-order valence-corrected chi connectivity index (χ2v) is 7.32. The first-order valence-corrected chi connectivity index (χ1v) is 7.70. The molecule has 0 atom stereocenters. The molecule has 2 aromatic heterocycles. The number of rotatable bonds is 6. The van der Waals surface area contributed by atoms with Crippen molar-refractivity contribution in [2.45, 2.75) is 26.9 Å². The minimum Gasteiger partial charge on any atom is -0.332 e. The van der Waals surface area contributed by atoms with Crippen LogP contribution in [-0.4, -0.2) is 16.1 Å². The quantitative estimate of drug-likeness (QED) is 0.879. The fraction of sp³-hybridized carbons (Fsp3) is 0.462. The summed E-state index contributed by atoms with van der Waals surface area (Å²) in [7, 11) is 0.